The highest BCUT2D eigenvalue weighted by molar-refractivity contribution is 7.80. The minimum absolute atomic E-state index is 0.0317. The van der Waals surface area contributed by atoms with Crippen molar-refractivity contribution in [3.05, 3.63) is 77.4 Å². The number of thiocarbonyl (C=S) groups is 1. The highest BCUT2D eigenvalue weighted by atomic mass is 32.1. The Labute approximate surface area is 203 Å². The first kappa shape index (κ1) is 23.3. The Hall–Kier alpha value is -2.86. The van der Waals surface area contributed by atoms with Crippen molar-refractivity contribution in [2.45, 2.75) is 53.1 Å². The van der Waals surface area contributed by atoms with E-state index in [1.165, 1.54) is 28.3 Å². The standard InChI is InChI=1S/C27H35N5S/c1-6-17-31-26(25(29-27(31)33)24-11-9-10-16-28-24)23-18-19(4)32(20(23)5)22-14-12-21(13-15-22)30(7-2)8-3/h9-16,18,25-26H,6-8,17H2,1-5H3,(H,29,33). The molecule has 6 heteroatoms. The van der Waals surface area contributed by atoms with Crippen molar-refractivity contribution in [1.29, 1.82) is 0 Å². The van der Waals surface area contributed by atoms with E-state index in [2.05, 4.69) is 95.7 Å². The minimum Gasteiger partial charge on any atom is -0.372 e. The first-order chi connectivity index (χ1) is 16.0. The molecular weight excluding hydrogens is 426 g/mol. The van der Waals surface area contributed by atoms with E-state index in [0.717, 1.165) is 36.9 Å². The molecule has 2 unspecified atom stereocenters. The first-order valence-electron chi connectivity index (χ1n) is 12.0. The van der Waals surface area contributed by atoms with E-state index >= 15 is 0 Å². The van der Waals surface area contributed by atoms with Crippen LogP contribution in [0.4, 0.5) is 5.69 Å². The zero-order chi connectivity index (χ0) is 23.5. The van der Waals surface area contributed by atoms with Gasteiger partial charge in [-0.15, -0.1) is 0 Å². The molecule has 0 aliphatic carbocycles. The molecule has 1 aromatic carbocycles. The quantitative estimate of drug-likeness (QED) is 0.434. The Bertz CT molecular complexity index is 1090. The smallest absolute Gasteiger partial charge is 0.170 e. The Morgan fingerprint density at radius 2 is 1.76 bits per heavy atom. The Morgan fingerprint density at radius 1 is 1.03 bits per heavy atom. The van der Waals surface area contributed by atoms with E-state index in [4.69, 9.17) is 12.2 Å². The molecule has 5 nitrogen and oxygen atoms in total. The zero-order valence-electron chi connectivity index (χ0n) is 20.4. The van der Waals surface area contributed by atoms with Gasteiger partial charge in [-0.05, 0) is 94.4 Å². The summed E-state index contributed by atoms with van der Waals surface area (Å²) in [5, 5.41) is 4.37. The summed E-state index contributed by atoms with van der Waals surface area (Å²) in [6.07, 6.45) is 2.90. The molecule has 3 aromatic rings. The highest BCUT2D eigenvalue weighted by Crippen LogP contribution is 2.41. The normalized spacial score (nSPS) is 18.0. The van der Waals surface area contributed by atoms with Crippen molar-refractivity contribution in [1.82, 2.24) is 19.8 Å². The molecule has 0 saturated carbocycles. The van der Waals surface area contributed by atoms with Gasteiger partial charge in [0.15, 0.2) is 5.11 Å². The fourth-order valence-corrected chi connectivity index (χ4v) is 5.44. The van der Waals surface area contributed by atoms with E-state index in [1.54, 1.807) is 0 Å². The summed E-state index contributed by atoms with van der Waals surface area (Å²) < 4.78 is 2.36. The van der Waals surface area contributed by atoms with Crippen LogP contribution in [0, 0.1) is 13.8 Å². The average molecular weight is 462 g/mol. The van der Waals surface area contributed by atoms with Crippen molar-refractivity contribution in [3.8, 4) is 5.69 Å². The lowest BCUT2D eigenvalue weighted by atomic mass is 9.96. The zero-order valence-corrected chi connectivity index (χ0v) is 21.2. The van der Waals surface area contributed by atoms with Gasteiger partial charge in [-0.25, -0.2) is 0 Å². The average Bonchev–Trinajstić information content (AvgIpc) is 3.31. The fourth-order valence-electron chi connectivity index (χ4n) is 5.11. The first-order valence-corrected chi connectivity index (χ1v) is 12.4. The van der Waals surface area contributed by atoms with Gasteiger partial charge in [-0.2, -0.15) is 0 Å². The molecule has 1 saturated heterocycles. The molecule has 1 fully saturated rings. The number of rotatable bonds is 8. The summed E-state index contributed by atoms with van der Waals surface area (Å²) in [4.78, 5) is 9.37. The Morgan fingerprint density at radius 3 is 2.36 bits per heavy atom. The van der Waals surface area contributed by atoms with E-state index in [9.17, 15) is 0 Å². The number of nitrogens with zero attached hydrogens (tertiary/aromatic N) is 4. The van der Waals surface area contributed by atoms with E-state index in [-0.39, 0.29) is 12.1 Å². The third kappa shape index (κ3) is 4.36. The number of hydrogen-bond acceptors (Lipinski definition) is 3. The molecule has 1 aliphatic heterocycles. The second-order valence-corrected chi connectivity index (χ2v) is 9.06. The second kappa shape index (κ2) is 9.96. The Kier molecular flexibility index (Phi) is 7.03. The number of aromatic nitrogens is 2. The van der Waals surface area contributed by atoms with Gasteiger partial charge in [0.1, 0.15) is 0 Å². The molecule has 33 heavy (non-hydrogen) atoms. The maximum Gasteiger partial charge on any atom is 0.170 e. The molecule has 3 heterocycles. The van der Waals surface area contributed by atoms with Gasteiger partial charge in [0.25, 0.3) is 0 Å². The topological polar surface area (TPSA) is 36.3 Å². The van der Waals surface area contributed by atoms with Crippen molar-refractivity contribution in [2.75, 3.05) is 24.5 Å². The van der Waals surface area contributed by atoms with Gasteiger partial charge in [0, 0.05) is 48.6 Å². The minimum atomic E-state index is 0.0317. The lowest BCUT2D eigenvalue weighted by molar-refractivity contribution is 0.316. The predicted octanol–water partition coefficient (Wildman–Crippen LogP) is 5.72. The number of nitrogens with one attached hydrogen (secondary N) is 1. The summed E-state index contributed by atoms with van der Waals surface area (Å²) >= 11 is 5.77. The lowest BCUT2D eigenvalue weighted by Crippen LogP contribution is -2.30. The summed E-state index contributed by atoms with van der Waals surface area (Å²) in [5.41, 5.74) is 7.26. The lowest BCUT2D eigenvalue weighted by Gasteiger charge is -2.28. The third-order valence-electron chi connectivity index (χ3n) is 6.69. The highest BCUT2D eigenvalue weighted by Gasteiger charge is 2.40. The molecule has 1 N–H and O–H groups in total. The largest absolute Gasteiger partial charge is 0.372 e. The molecule has 2 aromatic heterocycles. The van der Waals surface area contributed by atoms with Crippen LogP contribution in [0.15, 0.2) is 54.7 Å². The predicted molar refractivity (Wildman–Crippen MR) is 141 cm³/mol. The van der Waals surface area contributed by atoms with Crippen LogP contribution in [-0.2, 0) is 0 Å². The number of benzene rings is 1. The van der Waals surface area contributed by atoms with Crippen LogP contribution < -0.4 is 10.2 Å². The van der Waals surface area contributed by atoms with Gasteiger partial charge in [0.2, 0.25) is 0 Å². The van der Waals surface area contributed by atoms with E-state index in [1.807, 2.05) is 18.3 Å². The van der Waals surface area contributed by atoms with Gasteiger partial charge in [-0.3, -0.25) is 4.98 Å². The fraction of sp³-hybridized carbons (Fsp3) is 0.407. The SMILES string of the molecule is CCCN1C(=S)NC(c2ccccn2)C1c1cc(C)n(-c2ccc(N(CC)CC)cc2)c1C. The molecule has 174 valence electrons. The van der Waals surface area contributed by atoms with Crippen LogP contribution in [0.3, 0.4) is 0 Å². The number of pyridine rings is 1. The molecular formula is C27H35N5S. The van der Waals surface area contributed by atoms with Crippen LogP contribution in [-0.4, -0.2) is 39.2 Å². The van der Waals surface area contributed by atoms with Crippen molar-refractivity contribution in [3.63, 3.8) is 0 Å². The second-order valence-electron chi connectivity index (χ2n) is 8.67. The molecule has 0 radical (unpaired) electrons. The van der Waals surface area contributed by atoms with Crippen LogP contribution >= 0.6 is 12.2 Å². The van der Waals surface area contributed by atoms with Gasteiger partial charge < -0.3 is 19.7 Å². The molecule has 4 rings (SSSR count). The number of hydrogen-bond donors (Lipinski definition) is 1. The van der Waals surface area contributed by atoms with Crippen molar-refractivity contribution >= 4 is 23.0 Å². The third-order valence-corrected chi connectivity index (χ3v) is 7.04. The Balaban J connectivity index is 1.75. The van der Waals surface area contributed by atoms with Crippen molar-refractivity contribution < 1.29 is 0 Å². The molecule has 1 aliphatic rings. The van der Waals surface area contributed by atoms with Gasteiger partial charge in [-0.1, -0.05) is 13.0 Å². The van der Waals surface area contributed by atoms with E-state index < -0.39 is 0 Å². The monoisotopic (exact) mass is 461 g/mol. The molecule has 0 amide bonds. The summed E-state index contributed by atoms with van der Waals surface area (Å²) in [5.74, 6) is 0. The number of aryl methyl sites for hydroxylation is 1. The number of anilines is 1. The van der Waals surface area contributed by atoms with Crippen LogP contribution in [0.5, 0.6) is 0 Å². The van der Waals surface area contributed by atoms with Crippen LogP contribution in [0.25, 0.3) is 5.69 Å². The van der Waals surface area contributed by atoms with Crippen LogP contribution in [0.1, 0.15) is 61.9 Å². The maximum atomic E-state index is 5.77. The van der Waals surface area contributed by atoms with Crippen LogP contribution in [0.2, 0.25) is 0 Å². The molecule has 2 atom stereocenters. The van der Waals surface area contributed by atoms with Gasteiger partial charge >= 0.3 is 0 Å². The molecule has 0 spiro atoms. The maximum absolute atomic E-state index is 5.77. The molecule has 0 bridgehead atoms. The summed E-state index contributed by atoms with van der Waals surface area (Å²) in [6, 6.07) is 17.5. The van der Waals surface area contributed by atoms with E-state index in [0.29, 0.717) is 0 Å². The van der Waals surface area contributed by atoms with Crippen molar-refractivity contribution in [2.24, 2.45) is 0 Å². The van der Waals surface area contributed by atoms with Gasteiger partial charge in [0.05, 0.1) is 17.8 Å². The summed E-state index contributed by atoms with van der Waals surface area (Å²) in [7, 11) is 0. The summed E-state index contributed by atoms with van der Waals surface area (Å²) in [6.45, 7) is 14.0.